The Balaban J connectivity index is 2.25. The molecule has 0 aliphatic heterocycles. The molecule has 18 heavy (non-hydrogen) atoms. The van der Waals surface area contributed by atoms with E-state index in [0.29, 0.717) is 11.8 Å². The number of hydrogen-bond donors (Lipinski definition) is 2. The third-order valence-electron chi connectivity index (χ3n) is 4.55. The molecule has 0 heterocycles. The standard InChI is InChI=1S/C15H22BrNO/c1-11-6-5-9-15(10-18,12(11)2)17-14-8-4-3-7-13(14)16/h3-4,7-8,11-12,17-18H,5-6,9-10H2,1-2H3. The van der Waals surface area contributed by atoms with Gasteiger partial charge in [-0.3, -0.25) is 0 Å². The van der Waals surface area contributed by atoms with Crippen LogP contribution < -0.4 is 5.32 Å². The molecule has 1 aromatic rings. The SMILES string of the molecule is CC1CCCC(CO)(Nc2ccccc2Br)C1C. The van der Waals surface area contributed by atoms with Crippen LogP contribution in [-0.2, 0) is 0 Å². The Hall–Kier alpha value is -0.540. The van der Waals surface area contributed by atoms with Gasteiger partial charge in [0.1, 0.15) is 0 Å². The predicted octanol–water partition coefficient (Wildman–Crippen LogP) is 4.05. The van der Waals surface area contributed by atoms with Gasteiger partial charge < -0.3 is 10.4 Å². The van der Waals surface area contributed by atoms with Gasteiger partial charge in [0.15, 0.2) is 0 Å². The number of anilines is 1. The largest absolute Gasteiger partial charge is 0.394 e. The van der Waals surface area contributed by atoms with Gasteiger partial charge in [-0.15, -0.1) is 0 Å². The van der Waals surface area contributed by atoms with Gasteiger partial charge in [-0.1, -0.05) is 38.8 Å². The zero-order valence-corrected chi connectivity index (χ0v) is 12.7. The minimum atomic E-state index is -0.179. The Bertz CT molecular complexity index is 409. The molecule has 0 saturated heterocycles. The minimum absolute atomic E-state index is 0.179. The fourth-order valence-electron chi connectivity index (χ4n) is 3.03. The number of benzene rings is 1. The molecule has 0 bridgehead atoms. The third-order valence-corrected chi connectivity index (χ3v) is 5.24. The van der Waals surface area contributed by atoms with Crippen LogP contribution in [0.1, 0.15) is 33.1 Å². The van der Waals surface area contributed by atoms with E-state index in [2.05, 4.69) is 41.2 Å². The van der Waals surface area contributed by atoms with E-state index in [4.69, 9.17) is 0 Å². The number of para-hydroxylation sites is 1. The van der Waals surface area contributed by atoms with Crippen molar-refractivity contribution in [2.75, 3.05) is 11.9 Å². The van der Waals surface area contributed by atoms with Crippen LogP contribution >= 0.6 is 15.9 Å². The summed E-state index contributed by atoms with van der Waals surface area (Å²) in [6, 6.07) is 8.13. The highest BCUT2D eigenvalue weighted by atomic mass is 79.9. The van der Waals surface area contributed by atoms with E-state index < -0.39 is 0 Å². The van der Waals surface area contributed by atoms with Gasteiger partial charge >= 0.3 is 0 Å². The summed E-state index contributed by atoms with van der Waals surface area (Å²) in [5.74, 6) is 1.13. The molecule has 1 aliphatic rings. The summed E-state index contributed by atoms with van der Waals surface area (Å²) in [6.07, 6.45) is 3.49. The highest BCUT2D eigenvalue weighted by molar-refractivity contribution is 9.10. The van der Waals surface area contributed by atoms with Gasteiger partial charge in [-0.25, -0.2) is 0 Å². The maximum atomic E-state index is 9.90. The number of nitrogens with one attached hydrogen (secondary N) is 1. The molecule has 0 spiro atoms. The maximum Gasteiger partial charge on any atom is 0.0664 e. The molecular formula is C15H22BrNO. The second kappa shape index (κ2) is 5.62. The van der Waals surface area contributed by atoms with Crippen LogP contribution in [0, 0.1) is 11.8 Å². The van der Waals surface area contributed by atoms with Crippen LogP contribution in [0.25, 0.3) is 0 Å². The first-order chi connectivity index (χ1) is 8.59. The first kappa shape index (κ1) is 13.9. The predicted molar refractivity (Wildman–Crippen MR) is 79.8 cm³/mol. The zero-order chi connectivity index (χ0) is 13.2. The lowest BCUT2D eigenvalue weighted by molar-refractivity contribution is 0.0924. The normalized spacial score (nSPS) is 32.2. The summed E-state index contributed by atoms with van der Waals surface area (Å²) in [4.78, 5) is 0. The summed E-state index contributed by atoms with van der Waals surface area (Å²) in [5, 5.41) is 13.5. The van der Waals surface area contributed by atoms with Crippen LogP contribution in [0.3, 0.4) is 0 Å². The van der Waals surface area contributed by atoms with E-state index >= 15 is 0 Å². The second-order valence-electron chi connectivity index (χ2n) is 5.58. The van der Waals surface area contributed by atoms with Crippen molar-refractivity contribution >= 4 is 21.6 Å². The molecule has 0 aromatic heterocycles. The third kappa shape index (κ3) is 2.57. The number of aliphatic hydroxyl groups is 1. The number of aliphatic hydroxyl groups excluding tert-OH is 1. The Morgan fingerprint density at radius 3 is 2.78 bits per heavy atom. The molecule has 1 saturated carbocycles. The molecule has 1 fully saturated rings. The first-order valence-electron chi connectivity index (χ1n) is 6.72. The monoisotopic (exact) mass is 311 g/mol. The van der Waals surface area contributed by atoms with E-state index in [1.54, 1.807) is 0 Å². The number of halogens is 1. The van der Waals surface area contributed by atoms with Crippen LogP contribution in [0.4, 0.5) is 5.69 Å². The fraction of sp³-hybridized carbons (Fsp3) is 0.600. The highest BCUT2D eigenvalue weighted by Gasteiger charge is 2.41. The van der Waals surface area contributed by atoms with Gasteiger partial charge in [0.25, 0.3) is 0 Å². The van der Waals surface area contributed by atoms with Crippen molar-refractivity contribution in [3.63, 3.8) is 0 Å². The van der Waals surface area contributed by atoms with Gasteiger partial charge in [-0.2, -0.15) is 0 Å². The second-order valence-corrected chi connectivity index (χ2v) is 6.43. The van der Waals surface area contributed by atoms with Crippen molar-refractivity contribution in [1.29, 1.82) is 0 Å². The van der Waals surface area contributed by atoms with Crippen molar-refractivity contribution in [1.82, 2.24) is 0 Å². The van der Waals surface area contributed by atoms with Gasteiger partial charge in [-0.05, 0) is 46.3 Å². The molecule has 1 aliphatic carbocycles. The Kier molecular flexibility index (Phi) is 4.33. The number of hydrogen-bond acceptors (Lipinski definition) is 2. The van der Waals surface area contributed by atoms with Gasteiger partial charge in [0.2, 0.25) is 0 Å². The molecular weight excluding hydrogens is 290 g/mol. The van der Waals surface area contributed by atoms with Crippen molar-refractivity contribution < 1.29 is 5.11 Å². The lowest BCUT2D eigenvalue weighted by Crippen LogP contribution is -2.52. The van der Waals surface area contributed by atoms with E-state index in [1.807, 2.05) is 18.2 Å². The zero-order valence-electron chi connectivity index (χ0n) is 11.1. The summed E-state index contributed by atoms with van der Waals surface area (Å²) in [6.45, 7) is 4.74. The van der Waals surface area contributed by atoms with Crippen molar-refractivity contribution in [3.8, 4) is 0 Å². The summed E-state index contributed by atoms with van der Waals surface area (Å²) in [7, 11) is 0. The van der Waals surface area contributed by atoms with E-state index in [9.17, 15) is 5.11 Å². The minimum Gasteiger partial charge on any atom is -0.394 e. The molecule has 2 N–H and O–H groups in total. The average Bonchev–Trinajstić information content (AvgIpc) is 2.38. The lowest BCUT2D eigenvalue weighted by Gasteiger charge is -2.46. The van der Waals surface area contributed by atoms with E-state index in [-0.39, 0.29) is 12.1 Å². The average molecular weight is 312 g/mol. The summed E-state index contributed by atoms with van der Waals surface area (Å²) in [5.41, 5.74) is 0.897. The molecule has 3 heteroatoms. The van der Waals surface area contributed by atoms with Crippen LogP contribution in [0.5, 0.6) is 0 Å². The molecule has 1 aromatic carbocycles. The van der Waals surface area contributed by atoms with Crippen LogP contribution in [0.2, 0.25) is 0 Å². The Morgan fingerprint density at radius 1 is 1.39 bits per heavy atom. The maximum absolute atomic E-state index is 9.90. The van der Waals surface area contributed by atoms with Crippen molar-refractivity contribution in [2.24, 2.45) is 11.8 Å². The molecule has 0 amide bonds. The van der Waals surface area contributed by atoms with Crippen molar-refractivity contribution in [2.45, 2.75) is 38.6 Å². The molecule has 2 nitrogen and oxygen atoms in total. The highest BCUT2D eigenvalue weighted by Crippen LogP contribution is 2.40. The molecule has 100 valence electrons. The summed E-state index contributed by atoms with van der Waals surface area (Å²) >= 11 is 3.57. The van der Waals surface area contributed by atoms with Gasteiger partial charge in [0, 0.05) is 10.2 Å². The molecule has 0 radical (unpaired) electrons. The van der Waals surface area contributed by atoms with Crippen LogP contribution in [0.15, 0.2) is 28.7 Å². The smallest absolute Gasteiger partial charge is 0.0664 e. The van der Waals surface area contributed by atoms with Crippen LogP contribution in [-0.4, -0.2) is 17.3 Å². The van der Waals surface area contributed by atoms with Crippen molar-refractivity contribution in [3.05, 3.63) is 28.7 Å². The number of rotatable bonds is 3. The fourth-order valence-corrected chi connectivity index (χ4v) is 3.42. The first-order valence-corrected chi connectivity index (χ1v) is 7.52. The molecule has 2 rings (SSSR count). The Morgan fingerprint density at radius 2 is 2.11 bits per heavy atom. The quantitative estimate of drug-likeness (QED) is 0.882. The lowest BCUT2D eigenvalue weighted by atomic mass is 9.68. The molecule has 3 atom stereocenters. The topological polar surface area (TPSA) is 32.3 Å². The Labute approximate surface area is 118 Å². The van der Waals surface area contributed by atoms with Gasteiger partial charge in [0.05, 0.1) is 12.1 Å². The van der Waals surface area contributed by atoms with E-state index in [0.717, 1.165) is 16.6 Å². The molecule has 3 unspecified atom stereocenters. The van der Waals surface area contributed by atoms with E-state index in [1.165, 1.54) is 12.8 Å². The summed E-state index contributed by atoms with van der Waals surface area (Å²) < 4.78 is 1.06.